The first-order chi connectivity index (χ1) is 9.44. The van der Waals surface area contributed by atoms with Gasteiger partial charge in [-0.2, -0.15) is 0 Å². The smallest absolute Gasteiger partial charge is 0.291 e. The number of nitro benzene ring substituents is 1. The first kappa shape index (κ1) is 14.0. The lowest BCUT2D eigenvalue weighted by atomic mass is 10.3. The van der Waals surface area contributed by atoms with Crippen molar-refractivity contribution in [3.63, 3.8) is 0 Å². The summed E-state index contributed by atoms with van der Waals surface area (Å²) in [5, 5.41) is 17.5. The Bertz CT molecular complexity index is 730. The minimum absolute atomic E-state index is 0.0969. The lowest BCUT2D eigenvalue weighted by molar-refractivity contribution is -0.387. The minimum Gasteiger partial charge on any atom is -0.324 e. The van der Waals surface area contributed by atoms with E-state index in [0.29, 0.717) is 11.5 Å². The summed E-state index contributed by atoms with van der Waals surface area (Å²) in [5.41, 5.74) is 1.78. The number of hydrogen-bond acceptors (Lipinski definition) is 10. The van der Waals surface area contributed by atoms with Crippen molar-refractivity contribution in [1.82, 2.24) is 14.8 Å². The lowest BCUT2D eigenvalue weighted by Gasteiger charge is -2.06. The van der Waals surface area contributed by atoms with Crippen LogP contribution in [-0.2, 0) is 10.0 Å². The first-order valence-corrected chi connectivity index (χ1v) is 7.12. The van der Waals surface area contributed by atoms with Crippen molar-refractivity contribution in [1.29, 1.82) is 0 Å². The van der Waals surface area contributed by atoms with Crippen LogP contribution in [0.5, 0.6) is 0 Å². The number of anilines is 2. The molecule has 0 atom stereocenters. The molecule has 2 aromatic rings. The van der Waals surface area contributed by atoms with Gasteiger partial charge in [-0.3, -0.25) is 20.7 Å². The molecule has 4 N–H and O–H groups in total. The summed E-state index contributed by atoms with van der Waals surface area (Å²) in [6.07, 6.45) is 0. The van der Waals surface area contributed by atoms with Gasteiger partial charge in [-0.05, 0) is 17.3 Å². The number of nitro groups is 1. The summed E-state index contributed by atoms with van der Waals surface area (Å²) in [7, 11) is -4.18. The molecule has 0 aliphatic rings. The van der Waals surface area contributed by atoms with Crippen LogP contribution < -0.4 is 16.0 Å². The zero-order valence-electron chi connectivity index (χ0n) is 9.55. The van der Waals surface area contributed by atoms with Crippen LogP contribution in [-0.4, -0.2) is 28.1 Å². The standard InChI is InChI=1S/C7H7N7O4S2/c8-9-4-1-2-6(5(3-4)14(15)16)20(17,18)11-7-10-12-13-19-7/h1-3,9H,8H2,(H,10,11,13). The number of nitrogens with zero attached hydrogens (tertiary/aromatic N) is 4. The molecule has 0 bridgehead atoms. The third-order valence-electron chi connectivity index (χ3n) is 2.13. The van der Waals surface area contributed by atoms with Crippen LogP contribution >= 0.6 is 11.5 Å². The van der Waals surface area contributed by atoms with Crippen molar-refractivity contribution in [2.75, 3.05) is 10.1 Å². The van der Waals surface area contributed by atoms with Crippen LogP contribution in [0.1, 0.15) is 0 Å². The van der Waals surface area contributed by atoms with Gasteiger partial charge < -0.3 is 5.43 Å². The van der Waals surface area contributed by atoms with E-state index in [1.807, 2.05) is 4.72 Å². The summed E-state index contributed by atoms with van der Waals surface area (Å²) in [5.74, 6) is 5.13. The predicted molar refractivity (Wildman–Crippen MR) is 69.4 cm³/mol. The molecule has 0 amide bonds. The molecule has 2 rings (SSSR count). The molecule has 20 heavy (non-hydrogen) atoms. The Balaban J connectivity index is 2.48. The molecule has 0 unspecified atom stereocenters. The molecular formula is C7H7N7O4S2. The molecular weight excluding hydrogens is 310 g/mol. The van der Waals surface area contributed by atoms with Gasteiger partial charge in [0.2, 0.25) is 5.13 Å². The highest BCUT2D eigenvalue weighted by Crippen LogP contribution is 2.28. The van der Waals surface area contributed by atoms with Crippen LogP contribution in [0.2, 0.25) is 0 Å². The number of aromatic nitrogens is 3. The number of benzene rings is 1. The highest BCUT2D eigenvalue weighted by atomic mass is 32.2. The molecule has 0 saturated carbocycles. The topological polar surface area (TPSA) is 166 Å². The predicted octanol–water partition coefficient (Wildman–Crippen LogP) is -0.0723. The normalized spacial score (nSPS) is 11.1. The van der Waals surface area contributed by atoms with Crippen molar-refractivity contribution in [2.45, 2.75) is 4.90 Å². The molecule has 0 spiro atoms. The molecule has 1 heterocycles. The van der Waals surface area contributed by atoms with E-state index in [-0.39, 0.29) is 10.8 Å². The second kappa shape index (κ2) is 5.32. The fourth-order valence-electron chi connectivity index (χ4n) is 1.32. The second-order valence-electron chi connectivity index (χ2n) is 3.36. The maximum Gasteiger partial charge on any atom is 0.291 e. The molecule has 0 saturated heterocycles. The Hall–Kier alpha value is -2.38. The number of nitrogens with one attached hydrogen (secondary N) is 2. The van der Waals surface area contributed by atoms with Crippen molar-refractivity contribution in [2.24, 2.45) is 5.84 Å². The van der Waals surface area contributed by atoms with Crippen LogP contribution in [0.4, 0.5) is 16.5 Å². The number of nitrogens with two attached hydrogens (primary N) is 1. The largest absolute Gasteiger partial charge is 0.324 e. The lowest BCUT2D eigenvalue weighted by Crippen LogP contribution is -2.15. The SMILES string of the molecule is NNc1ccc(S(=O)(=O)Nc2nnns2)c([N+](=O)[O-])c1. The summed E-state index contributed by atoms with van der Waals surface area (Å²) < 4.78 is 29.6. The van der Waals surface area contributed by atoms with Gasteiger partial charge in [0.1, 0.15) is 0 Å². The number of sulfonamides is 1. The van der Waals surface area contributed by atoms with Gasteiger partial charge in [0.15, 0.2) is 4.90 Å². The van der Waals surface area contributed by atoms with Gasteiger partial charge in [0, 0.05) is 17.6 Å². The van der Waals surface area contributed by atoms with Crippen LogP contribution in [0, 0.1) is 10.1 Å². The fourth-order valence-corrected chi connectivity index (χ4v) is 3.06. The summed E-state index contributed by atoms with van der Waals surface area (Å²) in [4.78, 5) is 9.60. The number of nitrogen functional groups attached to an aromatic ring is 1. The molecule has 13 heteroatoms. The Kier molecular flexibility index (Phi) is 3.73. The van der Waals surface area contributed by atoms with E-state index in [9.17, 15) is 18.5 Å². The molecule has 11 nitrogen and oxygen atoms in total. The van der Waals surface area contributed by atoms with E-state index in [0.717, 1.165) is 12.1 Å². The second-order valence-corrected chi connectivity index (χ2v) is 5.74. The van der Waals surface area contributed by atoms with E-state index in [1.54, 1.807) is 0 Å². The van der Waals surface area contributed by atoms with Gasteiger partial charge in [0.25, 0.3) is 15.7 Å². The zero-order chi connectivity index (χ0) is 14.8. The molecule has 0 fully saturated rings. The summed E-state index contributed by atoms with van der Waals surface area (Å²) in [6.45, 7) is 0. The van der Waals surface area contributed by atoms with Gasteiger partial charge >= 0.3 is 0 Å². The van der Waals surface area contributed by atoms with Crippen LogP contribution in [0.25, 0.3) is 0 Å². The highest BCUT2D eigenvalue weighted by Gasteiger charge is 2.27. The van der Waals surface area contributed by atoms with Crippen molar-refractivity contribution in [3.8, 4) is 0 Å². The molecule has 106 valence electrons. The highest BCUT2D eigenvalue weighted by molar-refractivity contribution is 7.93. The Labute approximate surface area is 116 Å². The molecule has 0 aliphatic heterocycles. The first-order valence-electron chi connectivity index (χ1n) is 4.87. The summed E-state index contributed by atoms with van der Waals surface area (Å²) >= 11 is 0.702. The van der Waals surface area contributed by atoms with Crippen LogP contribution in [0.3, 0.4) is 0 Å². The number of hydrazine groups is 1. The number of hydrogen-bond donors (Lipinski definition) is 3. The van der Waals surface area contributed by atoms with Gasteiger partial charge in [-0.25, -0.2) is 8.42 Å². The average Bonchev–Trinajstić information content (AvgIpc) is 2.90. The van der Waals surface area contributed by atoms with E-state index in [1.165, 1.54) is 6.07 Å². The van der Waals surface area contributed by atoms with E-state index in [2.05, 4.69) is 20.2 Å². The Morgan fingerprint density at radius 3 is 2.70 bits per heavy atom. The molecule has 0 radical (unpaired) electrons. The van der Waals surface area contributed by atoms with E-state index >= 15 is 0 Å². The Morgan fingerprint density at radius 1 is 1.40 bits per heavy atom. The molecule has 1 aromatic heterocycles. The maximum absolute atomic E-state index is 12.1. The van der Waals surface area contributed by atoms with Gasteiger partial charge in [-0.15, -0.1) is 0 Å². The fraction of sp³-hybridized carbons (Fsp3) is 0. The molecule has 1 aromatic carbocycles. The third kappa shape index (κ3) is 2.79. The average molecular weight is 317 g/mol. The van der Waals surface area contributed by atoms with Crippen molar-refractivity contribution in [3.05, 3.63) is 28.3 Å². The summed E-state index contributed by atoms with van der Waals surface area (Å²) in [6, 6.07) is 3.36. The van der Waals surface area contributed by atoms with Gasteiger partial charge in [0.05, 0.1) is 10.6 Å². The monoisotopic (exact) mass is 317 g/mol. The van der Waals surface area contributed by atoms with Crippen molar-refractivity contribution >= 4 is 38.1 Å². The number of rotatable bonds is 5. The van der Waals surface area contributed by atoms with Crippen molar-refractivity contribution < 1.29 is 13.3 Å². The zero-order valence-corrected chi connectivity index (χ0v) is 11.2. The maximum atomic E-state index is 12.1. The van der Waals surface area contributed by atoms with Gasteiger partial charge in [-0.1, -0.05) is 9.59 Å². The van der Waals surface area contributed by atoms with Crippen LogP contribution in [0.15, 0.2) is 23.1 Å². The minimum atomic E-state index is -4.18. The quantitative estimate of drug-likeness (QED) is 0.388. The third-order valence-corrected chi connectivity index (χ3v) is 4.16. The van der Waals surface area contributed by atoms with E-state index in [4.69, 9.17) is 5.84 Å². The molecule has 0 aliphatic carbocycles. The van der Waals surface area contributed by atoms with E-state index < -0.39 is 25.5 Å². The Morgan fingerprint density at radius 2 is 2.15 bits per heavy atom.